The first kappa shape index (κ1) is 20.9. The molecular formula is C21H16BrFN2O3S. The number of nitrogens with zero attached hydrogens (tertiary/aromatic N) is 2. The number of para-hydroxylation sites is 1. The monoisotopic (exact) mass is 474 g/mol. The van der Waals surface area contributed by atoms with Gasteiger partial charge in [-0.3, -0.25) is 14.5 Å². The largest absolute Gasteiger partial charge is 0.496 e. The highest BCUT2D eigenvalue weighted by Gasteiger charge is 2.20. The minimum atomic E-state index is -0.518. The number of halogens is 2. The molecular weight excluding hydrogens is 459 g/mol. The van der Waals surface area contributed by atoms with Gasteiger partial charge in [0.1, 0.15) is 11.6 Å². The molecule has 3 rings (SSSR count). The van der Waals surface area contributed by atoms with Gasteiger partial charge in [-0.05, 0) is 58.4 Å². The van der Waals surface area contributed by atoms with Crippen LogP contribution in [0.1, 0.15) is 23.0 Å². The van der Waals surface area contributed by atoms with Crippen molar-refractivity contribution in [2.75, 3.05) is 12.0 Å². The summed E-state index contributed by atoms with van der Waals surface area (Å²) in [6.45, 7) is 1.34. The predicted octanol–water partition coefficient (Wildman–Crippen LogP) is 5.63. The zero-order valence-corrected chi connectivity index (χ0v) is 18.0. The molecule has 8 heteroatoms. The van der Waals surface area contributed by atoms with Gasteiger partial charge in [-0.15, -0.1) is 11.3 Å². The Morgan fingerprint density at radius 3 is 2.66 bits per heavy atom. The lowest BCUT2D eigenvalue weighted by Gasteiger charge is -2.18. The van der Waals surface area contributed by atoms with Crippen LogP contribution in [-0.2, 0) is 4.79 Å². The summed E-state index contributed by atoms with van der Waals surface area (Å²) in [5.74, 6) is -0.457. The second kappa shape index (κ2) is 9.11. The van der Waals surface area contributed by atoms with Crippen molar-refractivity contribution in [3.05, 3.63) is 75.5 Å². The van der Waals surface area contributed by atoms with E-state index in [0.29, 0.717) is 26.6 Å². The van der Waals surface area contributed by atoms with Gasteiger partial charge in [0.2, 0.25) is 5.91 Å². The minimum Gasteiger partial charge on any atom is -0.496 e. The van der Waals surface area contributed by atoms with Gasteiger partial charge in [0, 0.05) is 17.9 Å². The molecule has 1 amide bonds. The van der Waals surface area contributed by atoms with E-state index < -0.39 is 5.82 Å². The van der Waals surface area contributed by atoms with Crippen molar-refractivity contribution in [1.29, 1.82) is 0 Å². The molecule has 0 aliphatic rings. The molecule has 0 saturated carbocycles. The van der Waals surface area contributed by atoms with Crippen LogP contribution in [0.3, 0.4) is 0 Å². The maximum absolute atomic E-state index is 14.1. The van der Waals surface area contributed by atoms with Gasteiger partial charge < -0.3 is 4.74 Å². The summed E-state index contributed by atoms with van der Waals surface area (Å²) >= 11 is 4.54. The van der Waals surface area contributed by atoms with E-state index in [0.717, 1.165) is 0 Å². The summed E-state index contributed by atoms with van der Waals surface area (Å²) < 4.78 is 20.0. The van der Waals surface area contributed by atoms with E-state index in [9.17, 15) is 14.0 Å². The molecule has 0 radical (unpaired) electrons. The summed E-state index contributed by atoms with van der Waals surface area (Å²) in [5.41, 5.74) is 1.11. The molecule has 148 valence electrons. The summed E-state index contributed by atoms with van der Waals surface area (Å²) in [7, 11) is 1.55. The van der Waals surface area contributed by atoms with Gasteiger partial charge in [-0.1, -0.05) is 12.1 Å². The van der Waals surface area contributed by atoms with Gasteiger partial charge in [0.05, 0.1) is 23.0 Å². The Labute approximate surface area is 179 Å². The van der Waals surface area contributed by atoms with Crippen molar-refractivity contribution in [2.45, 2.75) is 6.92 Å². The number of ether oxygens (including phenoxy) is 1. The number of anilines is 2. The number of benzene rings is 2. The number of amides is 1. The minimum absolute atomic E-state index is 0.129. The molecule has 29 heavy (non-hydrogen) atoms. The molecule has 0 atom stereocenters. The van der Waals surface area contributed by atoms with E-state index in [1.165, 1.54) is 41.4 Å². The fraction of sp³-hybridized carbons (Fsp3) is 0.0952. The number of hydrogen-bond acceptors (Lipinski definition) is 5. The van der Waals surface area contributed by atoms with E-state index >= 15 is 0 Å². The van der Waals surface area contributed by atoms with Gasteiger partial charge in [-0.2, -0.15) is 0 Å². The molecule has 0 bridgehead atoms. The Balaban J connectivity index is 1.82. The van der Waals surface area contributed by atoms with E-state index in [-0.39, 0.29) is 17.4 Å². The summed E-state index contributed by atoms with van der Waals surface area (Å²) in [4.78, 5) is 30.0. The van der Waals surface area contributed by atoms with Crippen LogP contribution in [0.25, 0.3) is 6.08 Å². The third-order valence-corrected chi connectivity index (χ3v) is 5.41. The summed E-state index contributed by atoms with van der Waals surface area (Å²) in [6.07, 6.45) is 2.95. The Kier molecular flexibility index (Phi) is 6.56. The van der Waals surface area contributed by atoms with Gasteiger partial charge >= 0.3 is 0 Å². The molecule has 0 saturated heterocycles. The third-order valence-electron chi connectivity index (χ3n) is 3.95. The Bertz CT molecular complexity index is 1100. The Hall–Kier alpha value is -2.84. The molecule has 5 nitrogen and oxygen atoms in total. The molecule has 0 aliphatic carbocycles. The SMILES string of the molecule is COc1ccc(C(=O)/C=C/c2csc(N(C(C)=O)c3ccccc3F)n2)cc1Br. The van der Waals surface area contributed by atoms with E-state index in [1.54, 1.807) is 48.9 Å². The number of thiazole rings is 1. The molecule has 3 aromatic rings. The zero-order valence-electron chi connectivity index (χ0n) is 15.6. The molecule has 0 unspecified atom stereocenters. The number of rotatable bonds is 6. The normalized spacial score (nSPS) is 10.9. The maximum Gasteiger partial charge on any atom is 0.230 e. The van der Waals surface area contributed by atoms with Crippen LogP contribution in [0.5, 0.6) is 5.75 Å². The number of carbonyl (C=O) groups excluding carboxylic acids is 2. The highest BCUT2D eigenvalue weighted by Crippen LogP contribution is 2.31. The summed E-state index contributed by atoms with van der Waals surface area (Å²) in [5, 5.41) is 2.02. The zero-order chi connectivity index (χ0) is 21.0. The first-order valence-corrected chi connectivity index (χ1v) is 10.1. The molecule has 0 spiro atoms. The van der Waals surface area contributed by atoms with Gasteiger partial charge in [0.25, 0.3) is 0 Å². The Morgan fingerprint density at radius 1 is 1.24 bits per heavy atom. The lowest BCUT2D eigenvalue weighted by molar-refractivity contribution is -0.115. The highest BCUT2D eigenvalue weighted by atomic mass is 79.9. The molecule has 0 N–H and O–H groups in total. The number of ketones is 1. The number of allylic oxidation sites excluding steroid dienone is 1. The van der Waals surface area contributed by atoms with Crippen LogP contribution < -0.4 is 9.64 Å². The fourth-order valence-electron chi connectivity index (χ4n) is 2.57. The fourth-order valence-corrected chi connectivity index (χ4v) is 3.96. The lowest BCUT2D eigenvalue weighted by atomic mass is 10.1. The van der Waals surface area contributed by atoms with Crippen molar-refractivity contribution < 1.29 is 18.7 Å². The highest BCUT2D eigenvalue weighted by molar-refractivity contribution is 9.10. The van der Waals surface area contributed by atoms with Crippen LogP contribution in [0.2, 0.25) is 0 Å². The van der Waals surface area contributed by atoms with Crippen molar-refractivity contribution >= 4 is 55.9 Å². The number of carbonyl (C=O) groups is 2. The van der Waals surface area contributed by atoms with Crippen LogP contribution in [0.4, 0.5) is 15.2 Å². The van der Waals surface area contributed by atoms with Crippen molar-refractivity contribution in [2.24, 2.45) is 0 Å². The quantitative estimate of drug-likeness (QED) is 0.342. The smallest absolute Gasteiger partial charge is 0.230 e. The maximum atomic E-state index is 14.1. The topological polar surface area (TPSA) is 59.5 Å². The van der Waals surface area contributed by atoms with Crippen molar-refractivity contribution in [3.63, 3.8) is 0 Å². The van der Waals surface area contributed by atoms with Crippen LogP contribution in [0, 0.1) is 5.82 Å². The van der Waals surface area contributed by atoms with E-state index in [1.807, 2.05) is 0 Å². The van der Waals surface area contributed by atoms with Crippen LogP contribution in [0.15, 0.2) is 58.4 Å². The van der Waals surface area contributed by atoms with Crippen LogP contribution >= 0.6 is 27.3 Å². The number of hydrogen-bond donors (Lipinski definition) is 0. The lowest BCUT2D eigenvalue weighted by Crippen LogP contribution is -2.23. The molecule has 0 fully saturated rings. The molecule has 0 aliphatic heterocycles. The first-order chi connectivity index (χ1) is 13.9. The molecule has 1 heterocycles. The van der Waals surface area contributed by atoms with Crippen molar-refractivity contribution in [3.8, 4) is 5.75 Å². The Morgan fingerprint density at radius 2 is 2.00 bits per heavy atom. The summed E-state index contributed by atoms with van der Waals surface area (Å²) in [6, 6.07) is 11.0. The van der Waals surface area contributed by atoms with Gasteiger partial charge in [-0.25, -0.2) is 9.37 Å². The molecule has 1 aromatic heterocycles. The number of methoxy groups -OCH3 is 1. The van der Waals surface area contributed by atoms with Gasteiger partial charge in [0.15, 0.2) is 10.9 Å². The predicted molar refractivity (Wildman–Crippen MR) is 115 cm³/mol. The van der Waals surface area contributed by atoms with Crippen LogP contribution in [-0.4, -0.2) is 23.8 Å². The second-order valence-corrected chi connectivity index (χ2v) is 7.60. The van der Waals surface area contributed by atoms with E-state index in [2.05, 4.69) is 20.9 Å². The third kappa shape index (κ3) is 4.78. The first-order valence-electron chi connectivity index (χ1n) is 8.47. The second-order valence-electron chi connectivity index (χ2n) is 5.91. The number of aromatic nitrogens is 1. The average molecular weight is 475 g/mol. The van der Waals surface area contributed by atoms with Crippen molar-refractivity contribution in [1.82, 2.24) is 4.98 Å². The van der Waals surface area contributed by atoms with E-state index in [4.69, 9.17) is 4.74 Å². The molecule has 2 aromatic carbocycles. The average Bonchev–Trinajstić information content (AvgIpc) is 3.16. The standard InChI is InChI=1S/C21H16BrFN2O3S/c1-13(26)25(18-6-4-3-5-17(18)23)21-24-15(12-29-21)8-9-19(27)14-7-10-20(28-2)16(22)11-14/h3-12H,1-2H3/b9-8+.